The van der Waals surface area contributed by atoms with Gasteiger partial charge in [-0.25, -0.2) is 17.9 Å². The summed E-state index contributed by atoms with van der Waals surface area (Å²) < 4.78 is 36.8. The zero-order valence-corrected chi connectivity index (χ0v) is 21.0. The van der Waals surface area contributed by atoms with Crippen molar-refractivity contribution in [3.63, 3.8) is 0 Å². The van der Waals surface area contributed by atoms with E-state index in [1.54, 1.807) is 43.4 Å². The number of benzene rings is 1. The number of rotatable bonds is 10. The van der Waals surface area contributed by atoms with E-state index in [1.165, 1.54) is 14.0 Å². The average Bonchev–Trinajstić information content (AvgIpc) is 3.32. The molecule has 0 saturated carbocycles. The van der Waals surface area contributed by atoms with Crippen LogP contribution in [0, 0.1) is 17.8 Å². The van der Waals surface area contributed by atoms with Crippen LogP contribution in [0.15, 0.2) is 35.7 Å². The lowest BCUT2D eigenvalue weighted by atomic mass is 10.1. The largest absolute Gasteiger partial charge is 0.493 e. The summed E-state index contributed by atoms with van der Waals surface area (Å²) >= 11 is 1.54. The number of carbonyl (C=O) groups excluding carboxylic acids is 2. The first kappa shape index (κ1) is 27.2. The maximum atomic E-state index is 12.3. The molecule has 2 N–H and O–H groups in total. The van der Waals surface area contributed by atoms with E-state index < -0.39 is 27.9 Å². The third kappa shape index (κ3) is 8.70. The summed E-state index contributed by atoms with van der Waals surface area (Å²) in [6.07, 6.45) is -0.102. The van der Waals surface area contributed by atoms with E-state index in [-0.39, 0.29) is 24.7 Å². The van der Waals surface area contributed by atoms with Gasteiger partial charge in [0.25, 0.3) is 5.91 Å². The second-order valence-corrected chi connectivity index (χ2v) is 10.4. The first-order chi connectivity index (χ1) is 16.1. The van der Waals surface area contributed by atoms with Gasteiger partial charge in [0, 0.05) is 0 Å². The Morgan fingerprint density at radius 3 is 2.56 bits per heavy atom. The molecule has 1 amide bonds. The Balaban J connectivity index is 1.91. The topological polar surface area (TPSA) is 120 Å². The van der Waals surface area contributed by atoms with Gasteiger partial charge in [-0.05, 0) is 42.0 Å². The van der Waals surface area contributed by atoms with Crippen LogP contribution in [0.1, 0.15) is 31.2 Å². The van der Waals surface area contributed by atoms with Crippen LogP contribution in [-0.2, 0) is 30.9 Å². The molecule has 0 aliphatic rings. The minimum absolute atomic E-state index is 0.102. The number of hydrogen-bond donors (Lipinski definition) is 2. The van der Waals surface area contributed by atoms with Crippen molar-refractivity contribution in [2.24, 2.45) is 5.92 Å². The molecular weight excluding hydrogens is 480 g/mol. The summed E-state index contributed by atoms with van der Waals surface area (Å²) in [4.78, 5) is 30.3. The molecule has 2 rings (SSSR count). The minimum Gasteiger partial charge on any atom is -0.493 e. The molecule has 2 aromatic rings. The molecule has 1 heterocycles. The summed E-state index contributed by atoms with van der Waals surface area (Å²) in [6.45, 7) is 4.95. The number of nitrogens with one attached hydrogen (secondary N) is 2. The summed E-state index contributed by atoms with van der Waals surface area (Å²) in [5.41, 5.74) is 2.66. The third-order valence-corrected chi connectivity index (χ3v) is 6.66. The van der Waals surface area contributed by atoms with E-state index in [9.17, 15) is 18.0 Å². The fraction of sp³-hybridized carbons (Fsp3) is 0.391. The highest BCUT2D eigenvalue weighted by atomic mass is 32.2. The van der Waals surface area contributed by atoms with Crippen molar-refractivity contribution in [3.05, 3.63) is 46.2 Å². The van der Waals surface area contributed by atoms with Crippen LogP contribution in [0.4, 0.5) is 0 Å². The molecule has 0 fully saturated rings. The predicted molar refractivity (Wildman–Crippen MR) is 129 cm³/mol. The highest BCUT2D eigenvalue weighted by Crippen LogP contribution is 2.28. The van der Waals surface area contributed by atoms with E-state index in [0.29, 0.717) is 17.1 Å². The Bertz CT molecular complexity index is 1130. The first-order valence-corrected chi connectivity index (χ1v) is 13.0. The zero-order chi connectivity index (χ0) is 25.1. The second-order valence-electron chi connectivity index (χ2n) is 7.42. The van der Waals surface area contributed by atoms with Crippen LogP contribution < -0.4 is 19.7 Å². The summed E-state index contributed by atoms with van der Waals surface area (Å²) in [5.74, 6) is 4.77. The van der Waals surface area contributed by atoms with Crippen molar-refractivity contribution < 1.29 is 32.3 Å². The second kappa shape index (κ2) is 13.0. The molecule has 184 valence electrons. The van der Waals surface area contributed by atoms with Gasteiger partial charge in [-0.1, -0.05) is 37.8 Å². The smallest absolute Gasteiger partial charge is 0.350 e. The first-order valence-electron chi connectivity index (χ1n) is 10.5. The van der Waals surface area contributed by atoms with Crippen LogP contribution >= 0.6 is 11.3 Å². The van der Waals surface area contributed by atoms with E-state index in [2.05, 4.69) is 22.0 Å². The van der Waals surface area contributed by atoms with Gasteiger partial charge < -0.3 is 14.3 Å². The number of hydroxylamine groups is 1. The standard InChI is InChI=1S/C23H28N2O7S2/c1-5-34(28,29)25-22(16(2)3)23(27)32-24-21(26)15-17-10-11-19(20(14-17)30-4)31-12-6-8-18-9-7-13-33-18/h7,9-11,13-14,16,22,25H,5,12,15H2,1-4H3,(H,24,26). The molecule has 1 aromatic heterocycles. The lowest BCUT2D eigenvalue weighted by Gasteiger charge is -2.20. The maximum Gasteiger partial charge on any atom is 0.350 e. The van der Waals surface area contributed by atoms with E-state index in [1.807, 2.05) is 17.5 Å². The molecule has 0 aliphatic heterocycles. The van der Waals surface area contributed by atoms with Gasteiger partial charge in [-0.15, -0.1) is 11.3 Å². The molecule has 1 aromatic carbocycles. The lowest BCUT2D eigenvalue weighted by molar-refractivity contribution is -0.160. The van der Waals surface area contributed by atoms with Gasteiger partial charge in [-0.2, -0.15) is 5.48 Å². The van der Waals surface area contributed by atoms with Crippen LogP contribution in [0.25, 0.3) is 0 Å². The Hall–Kier alpha value is -3.07. The molecule has 34 heavy (non-hydrogen) atoms. The number of amides is 1. The van der Waals surface area contributed by atoms with Crippen molar-refractivity contribution in [2.75, 3.05) is 19.5 Å². The number of carbonyl (C=O) groups is 2. The normalized spacial score (nSPS) is 11.8. The molecule has 9 nitrogen and oxygen atoms in total. The van der Waals surface area contributed by atoms with Gasteiger partial charge in [0.1, 0.15) is 12.6 Å². The zero-order valence-electron chi connectivity index (χ0n) is 19.4. The minimum atomic E-state index is -3.62. The number of ether oxygens (including phenoxy) is 2. The quantitative estimate of drug-likeness (QED) is 0.373. The Kier molecular flexibility index (Phi) is 10.4. The van der Waals surface area contributed by atoms with Crippen molar-refractivity contribution >= 4 is 33.2 Å². The average molecular weight is 509 g/mol. The summed E-state index contributed by atoms with van der Waals surface area (Å²) in [5, 5.41) is 1.94. The SMILES string of the molecule is CCS(=O)(=O)NC(C(=O)ONC(=O)Cc1ccc(OCC#Cc2cccs2)c(OC)c1)C(C)C. The van der Waals surface area contributed by atoms with Crippen molar-refractivity contribution in [1.82, 2.24) is 10.2 Å². The van der Waals surface area contributed by atoms with Crippen LogP contribution in [0.3, 0.4) is 0 Å². The number of thiophene rings is 1. The highest BCUT2D eigenvalue weighted by molar-refractivity contribution is 7.89. The van der Waals surface area contributed by atoms with Gasteiger partial charge in [0.05, 0.1) is 24.2 Å². The van der Waals surface area contributed by atoms with E-state index >= 15 is 0 Å². The van der Waals surface area contributed by atoms with Crippen molar-refractivity contribution in [3.8, 4) is 23.3 Å². The number of sulfonamides is 1. The number of methoxy groups -OCH3 is 1. The van der Waals surface area contributed by atoms with Gasteiger partial charge in [-0.3, -0.25) is 4.79 Å². The van der Waals surface area contributed by atoms with Crippen LogP contribution in [-0.4, -0.2) is 45.8 Å². The lowest BCUT2D eigenvalue weighted by Crippen LogP contribution is -2.47. The van der Waals surface area contributed by atoms with Crippen molar-refractivity contribution in [2.45, 2.75) is 33.2 Å². The maximum absolute atomic E-state index is 12.3. The Morgan fingerprint density at radius 1 is 1.18 bits per heavy atom. The molecule has 11 heteroatoms. The van der Waals surface area contributed by atoms with E-state index in [0.717, 1.165) is 4.88 Å². The molecule has 0 spiro atoms. The molecular formula is C23H28N2O7S2. The number of hydrogen-bond acceptors (Lipinski definition) is 8. The molecule has 0 radical (unpaired) electrons. The molecule has 1 unspecified atom stereocenters. The summed E-state index contributed by atoms with van der Waals surface area (Å²) in [6, 6.07) is 7.69. The van der Waals surface area contributed by atoms with Crippen LogP contribution in [0.5, 0.6) is 11.5 Å². The molecule has 1 atom stereocenters. The van der Waals surface area contributed by atoms with Gasteiger partial charge in [0.15, 0.2) is 11.5 Å². The fourth-order valence-corrected chi connectivity index (χ4v) is 4.17. The Morgan fingerprint density at radius 2 is 1.94 bits per heavy atom. The molecule has 0 bridgehead atoms. The molecule has 0 saturated heterocycles. The monoisotopic (exact) mass is 508 g/mol. The summed E-state index contributed by atoms with van der Waals surface area (Å²) in [7, 11) is -2.14. The highest BCUT2D eigenvalue weighted by Gasteiger charge is 2.28. The predicted octanol–water partition coefficient (Wildman–Crippen LogP) is 2.27. The third-order valence-electron chi connectivity index (χ3n) is 4.50. The Labute approximate surface area is 203 Å². The van der Waals surface area contributed by atoms with Gasteiger partial charge in [0.2, 0.25) is 10.0 Å². The van der Waals surface area contributed by atoms with Crippen molar-refractivity contribution in [1.29, 1.82) is 0 Å². The fourth-order valence-electron chi connectivity index (χ4n) is 2.65. The van der Waals surface area contributed by atoms with Crippen LogP contribution in [0.2, 0.25) is 0 Å². The van der Waals surface area contributed by atoms with E-state index in [4.69, 9.17) is 14.3 Å². The molecule has 0 aliphatic carbocycles. The van der Waals surface area contributed by atoms with Gasteiger partial charge >= 0.3 is 5.97 Å².